The van der Waals surface area contributed by atoms with E-state index in [1.165, 1.54) is 31.6 Å². The van der Waals surface area contributed by atoms with Crippen molar-refractivity contribution in [1.29, 1.82) is 0 Å². The second-order valence-electron chi connectivity index (χ2n) is 11.7. The molecule has 2 nitrogen and oxygen atoms in total. The van der Waals surface area contributed by atoms with E-state index in [1.54, 1.807) is 0 Å². The Morgan fingerprint density at radius 3 is 1.31 bits per heavy atom. The fourth-order valence-electron chi connectivity index (χ4n) is 5.85. The third-order valence-electron chi connectivity index (χ3n) is 8.10. The number of halogens is 16. The summed E-state index contributed by atoms with van der Waals surface area (Å²) in [6.07, 6.45) is -21.3. The van der Waals surface area contributed by atoms with Crippen LogP contribution < -0.4 is 10.9 Å². The highest BCUT2D eigenvalue weighted by atomic mass is 19.4. The molecule has 248 valence electrons. The monoisotopic (exact) mass is 675 g/mol. The molecule has 1 saturated heterocycles. The van der Waals surface area contributed by atoms with Crippen molar-refractivity contribution >= 4 is 23.5 Å². The van der Waals surface area contributed by atoms with Gasteiger partial charge >= 0.3 is 12.4 Å². The van der Waals surface area contributed by atoms with E-state index in [2.05, 4.69) is 4.65 Å². The molecule has 45 heavy (non-hydrogen) atoms. The Morgan fingerprint density at radius 2 is 1.00 bits per heavy atom. The number of alkyl halides is 6. The summed E-state index contributed by atoms with van der Waals surface area (Å²) < 4.78 is 240. The molecule has 19 heteroatoms. The van der Waals surface area contributed by atoms with E-state index in [0.717, 1.165) is 6.08 Å². The van der Waals surface area contributed by atoms with Crippen molar-refractivity contribution in [1.82, 2.24) is 0 Å². The maximum absolute atomic E-state index is 15.3. The predicted octanol–water partition coefficient (Wildman–Crippen LogP) is 6.86. The summed E-state index contributed by atoms with van der Waals surface area (Å²) in [6, 6.07) is 0. The lowest BCUT2D eigenvalue weighted by atomic mass is 9.26. The molecular weight excluding hydrogens is 657 g/mol. The Bertz CT molecular complexity index is 1490. The van der Waals surface area contributed by atoms with Gasteiger partial charge in [0.05, 0.1) is 0 Å². The average molecular weight is 675 g/mol. The quantitative estimate of drug-likeness (QED) is 0.114. The molecule has 2 heterocycles. The highest BCUT2D eigenvalue weighted by molar-refractivity contribution is 6.98. The van der Waals surface area contributed by atoms with E-state index in [9.17, 15) is 52.7 Å². The maximum atomic E-state index is 15.3. The minimum absolute atomic E-state index is 0.440. The summed E-state index contributed by atoms with van der Waals surface area (Å²) in [6.45, 7) is 4.09. The first-order valence-electron chi connectivity index (χ1n) is 12.7. The number of benzene rings is 2. The SMILES string of the molecule is CC(C)(C)[N+]1=CC=C([C@@H]2C[B-](c3c(F)c(F)c(F)c(F)c3F)(c3c(F)c(F)c(F)c(F)c3F)OC(C(F)(F)F)(C(F)(F)F)C2)C1. The van der Waals surface area contributed by atoms with Crippen LogP contribution in [0.1, 0.15) is 27.2 Å². The van der Waals surface area contributed by atoms with E-state index >= 15 is 17.6 Å². The van der Waals surface area contributed by atoms with Gasteiger partial charge in [-0.05, 0) is 38.7 Å². The molecule has 2 aromatic carbocycles. The Morgan fingerprint density at radius 1 is 0.644 bits per heavy atom. The molecule has 0 unspecified atom stereocenters. The molecule has 0 aromatic heterocycles. The van der Waals surface area contributed by atoms with Crippen LogP contribution in [0.5, 0.6) is 0 Å². The van der Waals surface area contributed by atoms with Gasteiger partial charge in [-0.2, -0.15) is 26.3 Å². The van der Waals surface area contributed by atoms with Gasteiger partial charge < -0.3 is 4.65 Å². The average Bonchev–Trinajstić information content (AvgIpc) is 3.43. The summed E-state index contributed by atoms with van der Waals surface area (Å²) in [5.74, 6) is -33.4. The van der Waals surface area contributed by atoms with Crippen molar-refractivity contribution in [3.8, 4) is 0 Å². The topological polar surface area (TPSA) is 12.2 Å². The van der Waals surface area contributed by atoms with Gasteiger partial charge in [0, 0.05) is 6.08 Å². The second-order valence-corrected chi connectivity index (χ2v) is 11.7. The fraction of sp³-hybridized carbons (Fsp3) is 0.423. The number of hydrogen-bond donors (Lipinski definition) is 0. The Balaban J connectivity index is 2.24. The van der Waals surface area contributed by atoms with Gasteiger partial charge in [0.15, 0.2) is 59.6 Å². The van der Waals surface area contributed by atoms with Crippen LogP contribution in [0, 0.1) is 64.1 Å². The minimum atomic E-state index is -6.72. The van der Waals surface area contributed by atoms with E-state index in [4.69, 9.17) is 0 Å². The van der Waals surface area contributed by atoms with Crippen LogP contribution in [-0.4, -0.2) is 47.2 Å². The number of hydrogen-bond acceptors (Lipinski definition) is 1. The highest BCUT2D eigenvalue weighted by Crippen LogP contribution is 2.56. The molecule has 0 amide bonds. The largest absolute Gasteiger partial charge is 0.564 e. The third kappa shape index (κ3) is 5.08. The molecule has 4 rings (SSSR count). The number of allylic oxidation sites excluding steroid dienone is 1. The molecule has 2 aliphatic rings. The van der Waals surface area contributed by atoms with Crippen molar-refractivity contribution in [2.75, 3.05) is 6.54 Å². The van der Waals surface area contributed by atoms with Gasteiger partial charge in [-0.25, -0.2) is 48.5 Å². The summed E-state index contributed by atoms with van der Waals surface area (Å²) in [4.78, 5) is 0. The Hall–Kier alpha value is -3.25. The van der Waals surface area contributed by atoms with Gasteiger partial charge in [-0.3, -0.25) is 0 Å². The lowest BCUT2D eigenvalue weighted by molar-refractivity contribution is -0.583. The van der Waals surface area contributed by atoms with Crippen LogP contribution in [0.15, 0.2) is 11.6 Å². The molecule has 0 spiro atoms. The van der Waals surface area contributed by atoms with Crippen LogP contribution in [-0.2, 0) is 4.65 Å². The molecular formula is C26H18BF16NO. The molecule has 1 fully saturated rings. The van der Waals surface area contributed by atoms with Crippen LogP contribution in [0.2, 0.25) is 6.32 Å². The van der Waals surface area contributed by atoms with E-state index < -0.39 is 130 Å². The lowest BCUT2D eigenvalue weighted by Crippen LogP contribution is -2.77. The van der Waals surface area contributed by atoms with Crippen LogP contribution in [0.3, 0.4) is 0 Å². The smallest absolute Gasteiger partial charge is 0.422 e. The second kappa shape index (κ2) is 10.7. The summed E-state index contributed by atoms with van der Waals surface area (Å²) in [7, 11) is 0. The van der Waals surface area contributed by atoms with Crippen molar-refractivity contribution < 1.29 is 79.5 Å². The molecule has 1 atom stereocenters. The summed E-state index contributed by atoms with van der Waals surface area (Å²) in [5.41, 5.74) is -12.6. The van der Waals surface area contributed by atoms with Crippen molar-refractivity contribution in [2.45, 2.75) is 57.0 Å². The summed E-state index contributed by atoms with van der Waals surface area (Å²) in [5, 5.41) is 0. The normalized spacial score (nSPS) is 20.4. The van der Waals surface area contributed by atoms with Crippen LogP contribution in [0.25, 0.3) is 0 Å². The van der Waals surface area contributed by atoms with Crippen molar-refractivity contribution in [2.24, 2.45) is 5.92 Å². The van der Waals surface area contributed by atoms with E-state index in [1.807, 2.05) is 0 Å². The molecule has 2 aromatic rings. The third-order valence-corrected chi connectivity index (χ3v) is 8.10. The van der Waals surface area contributed by atoms with Gasteiger partial charge in [-0.1, -0.05) is 10.9 Å². The molecule has 0 bridgehead atoms. The summed E-state index contributed by atoms with van der Waals surface area (Å²) >= 11 is 0. The van der Waals surface area contributed by atoms with Crippen molar-refractivity contribution in [3.05, 3.63) is 69.8 Å². The zero-order valence-electron chi connectivity index (χ0n) is 22.8. The molecule has 0 saturated carbocycles. The molecule has 2 aliphatic heterocycles. The van der Waals surface area contributed by atoms with Gasteiger partial charge in [0.25, 0.3) is 0 Å². The number of rotatable bonds is 3. The Kier molecular flexibility index (Phi) is 8.20. The van der Waals surface area contributed by atoms with E-state index in [0.29, 0.717) is 0 Å². The molecule has 0 N–H and O–H groups in total. The zero-order valence-corrected chi connectivity index (χ0v) is 22.8. The van der Waals surface area contributed by atoms with Gasteiger partial charge in [-0.15, -0.1) is 6.32 Å². The van der Waals surface area contributed by atoms with E-state index in [-0.39, 0.29) is 0 Å². The minimum Gasteiger partial charge on any atom is -0.564 e. The lowest BCUT2D eigenvalue weighted by Gasteiger charge is -2.58. The van der Waals surface area contributed by atoms with Crippen LogP contribution >= 0.6 is 0 Å². The first-order chi connectivity index (χ1) is 20.3. The maximum Gasteiger partial charge on any atom is 0.422 e. The molecule has 0 aliphatic carbocycles. The molecule has 0 radical (unpaired) electrons. The van der Waals surface area contributed by atoms with Gasteiger partial charge in [0.1, 0.15) is 23.3 Å². The number of nitrogens with zero attached hydrogens (tertiary/aromatic N) is 1. The van der Waals surface area contributed by atoms with Crippen LogP contribution in [0.4, 0.5) is 70.2 Å². The highest BCUT2D eigenvalue weighted by Gasteiger charge is 2.74. The first kappa shape index (κ1) is 34.6. The standard InChI is InChI=1S/C26H18BF16NO/c1-23(2,3)44-5-4-9(8-44)10-6-24(25(38,39)40,26(41,42)43)45-27(7-10,11-13(28)17(32)21(36)18(33)14(11)29)12-15(30)19(34)22(37)20(35)16(12)31/h4-5,10H,6-8H2,1-3H3/t10-/m0/s1. The van der Waals surface area contributed by atoms with Crippen molar-refractivity contribution in [3.63, 3.8) is 0 Å². The fourth-order valence-corrected chi connectivity index (χ4v) is 5.85. The van der Waals surface area contributed by atoms with Gasteiger partial charge in [0.2, 0.25) is 5.60 Å². The Labute approximate surface area is 242 Å². The predicted molar refractivity (Wildman–Crippen MR) is 125 cm³/mol. The zero-order chi connectivity index (χ0) is 34.4. The first-order valence-corrected chi connectivity index (χ1v) is 12.7.